The van der Waals surface area contributed by atoms with Gasteiger partial charge in [-0.3, -0.25) is 0 Å². The Labute approximate surface area is 98.4 Å². The molecule has 0 saturated carbocycles. The average molecular weight is 233 g/mol. The van der Waals surface area contributed by atoms with Crippen molar-refractivity contribution in [3.8, 4) is 0 Å². The van der Waals surface area contributed by atoms with Crippen molar-refractivity contribution in [1.82, 2.24) is 4.90 Å². The second-order valence-electron chi connectivity index (χ2n) is 4.67. The van der Waals surface area contributed by atoms with Crippen molar-refractivity contribution in [2.24, 2.45) is 0 Å². The van der Waals surface area contributed by atoms with Crippen LogP contribution in [0.25, 0.3) is 0 Å². The zero-order valence-electron chi connectivity index (χ0n) is 9.46. The molecule has 1 aliphatic rings. The maximum atomic E-state index is 4.23. The van der Waals surface area contributed by atoms with E-state index in [1.165, 1.54) is 44.6 Å². The Morgan fingerprint density at radius 2 is 2.07 bits per heavy atom. The molecule has 1 aliphatic heterocycles. The summed E-state index contributed by atoms with van der Waals surface area (Å²) in [6.07, 6.45) is 3.96. The molecule has 0 N–H and O–H groups in total. The van der Waals surface area contributed by atoms with Gasteiger partial charge in [0.2, 0.25) is 0 Å². The van der Waals surface area contributed by atoms with Gasteiger partial charge in [-0.25, -0.2) is 0 Å². The van der Waals surface area contributed by atoms with Crippen molar-refractivity contribution >= 4 is 24.4 Å². The van der Waals surface area contributed by atoms with E-state index in [4.69, 9.17) is 0 Å². The van der Waals surface area contributed by atoms with Crippen LogP contribution in [0.5, 0.6) is 0 Å². The van der Waals surface area contributed by atoms with Crippen molar-refractivity contribution < 1.29 is 0 Å². The van der Waals surface area contributed by atoms with Crippen LogP contribution in [0.1, 0.15) is 33.1 Å². The molecule has 0 aromatic carbocycles. The molecule has 0 aromatic rings. The van der Waals surface area contributed by atoms with Gasteiger partial charge < -0.3 is 4.90 Å². The molecule has 14 heavy (non-hydrogen) atoms. The summed E-state index contributed by atoms with van der Waals surface area (Å²) in [5, 5.41) is 0. The molecule has 0 atom stereocenters. The molecule has 1 nitrogen and oxygen atoms in total. The molecular weight excluding hydrogens is 210 g/mol. The van der Waals surface area contributed by atoms with E-state index < -0.39 is 0 Å². The summed E-state index contributed by atoms with van der Waals surface area (Å²) in [6, 6.07) is 0. The first-order valence-corrected chi connectivity index (χ1v) is 7.23. The lowest BCUT2D eigenvalue weighted by Crippen LogP contribution is -2.43. The Kier molecular flexibility index (Phi) is 5.72. The first-order valence-electron chi connectivity index (χ1n) is 5.61. The third-order valence-corrected chi connectivity index (χ3v) is 4.25. The minimum atomic E-state index is 0.474. The van der Waals surface area contributed by atoms with Crippen LogP contribution in [0.3, 0.4) is 0 Å². The first-order chi connectivity index (χ1) is 6.64. The van der Waals surface area contributed by atoms with Crippen molar-refractivity contribution in [1.29, 1.82) is 0 Å². The van der Waals surface area contributed by atoms with Crippen molar-refractivity contribution in [2.75, 3.05) is 31.1 Å². The molecule has 1 heterocycles. The summed E-state index contributed by atoms with van der Waals surface area (Å²) >= 11 is 6.35. The van der Waals surface area contributed by atoms with Gasteiger partial charge in [0.1, 0.15) is 0 Å². The summed E-state index contributed by atoms with van der Waals surface area (Å²) in [4.78, 5) is 2.62. The smallest absolute Gasteiger partial charge is 0.0231 e. The molecule has 1 fully saturated rings. The number of thiol groups is 1. The van der Waals surface area contributed by atoms with Gasteiger partial charge >= 0.3 is 0 Å². The molecule has 0 bridgehead atoms. The molecule has 0 amide bonds. The van der Waals surface area contributed by atoms with Crippen LogP contribution in [-0.4, -0.2) is 40.8 Å². The highest BCUT2D eigenvalue weighted by Crippen LogP contribution is 2.29. The van der Waals surface area contributed by atoms with E-state index in [9.17, 15) is 0 Å². The van der Waals surface area contributed by atoms with Gasteiger partial charge in [0, 0.05) is 23.6 Å². The minimum absolute atomic E-state index is 0.474. The fraction of sp³-hybridized carbons (Fsp3) is 1.00. The summed E-state index contributed by atoms with van der Waals surface area (Å²) in [6.45, 7) is 8.56. The lowest BCUT2D eigenvalue weighted by molar-refractivity contribution is 0.255. The number of unbranched alkanes of at least 4 members (excludes halogenated alkanes) is 2. The van der Waals surface area contributed by atoms with Gasteiger partial charge in [0.05, 0.1) is 0 Å². The first kappa shape index (κ1) is 12.7. The molecule has 0 unspecified atom stereocenters. The highest BCUT2D eigenvalue weighted by atomic mass is 32.2. The van der Waals surface area contributed by atoms with Gasteiger partial charge in [-0.05, 0) is 39.0 Å². The summed E-state index contributed by atoms with van der Waals surface area (Å²) in [5.41, 5.74) is 0. The molecule has 0 radical (unpaired) electrons. The Balaban J connectivity index is 2.12. The fourth-order valence-electron chi connectivity index (χ4n) is 1.93. The van der Waals surface area contributed by atoms with Crippen LogP contribution in [0.15, 0.2) is 0 Å². The summed E-state index contributed by atoms with van der Waals surface area (Å²) < 4.78 is 0.474. The zero-order valence-corrected chi connectivity index (χ0v) is 11.2. The van der Waals surface area contributed by atoms with E-state index >= 15 is 0 Å². The van der Waals surface area contributed by atoms with Gasteiger partial charge in [-0.2, -0.15) is 24.4 Å². The lowest BCUT2D eigenvalue weighted by atomic mass is 10.1. The molecule has 1 saturated heterocycles. The predicted molar refractivity (Wildman–Crippen MR) is 70.7 cm³/mol. The van der Waals surface area contributed by atoms with Crippen molar-refractivity contribution in [2.45, 2.75) is 37.9 Å². The van der Waals surface area contributed by atoms with E-state index in [0.717, 1.165) is 5.75 Å². The molecule has 0 spiro atoms. The van der Waals surface area contributed by atoms with Gasteiger partial charge in [0.25, 0.3) is 0 Å². The number of hydrogen-bond donors (Lipinski definition) is 1. The van der Waals surface area contributed by atoms with E-state index in [2.05, 4.69) is 43.1 Å². The highest BCUT2D eigenvalue weighted by molar-refractivity contribution is 8.00. The topological polar surface area (TPSA) is 3.24 Å². The van der Waals surface area contributed by atoms with Crippen LogP contribution in [0.2, 0.25) is 0 Å². The van der Waals surface area contributed by atoms with Crippen LogP contribution >= 0.6 is 24.4 Å². The van der Waals surface area contributed by atoms with Crippen LogP contribution < -0.4 is 0 Å². The minimum Gasteiger partial charge on any atom is -0.301 e. The second-order valence-corrected chi connectivity index (χ2v) is 6.92. The predicted octanol–water partition coefficient (Wildman–Crippen LogP) is 2.91. The Bertz CT molecular complexity index is 159. The quantitative estimate of drug-likeness (QED) is 0.574. The average Bonchev–Trinajstić information content (AvgIpc) is 2.11. The largest absolute Gasteiger partial charge is 0.301 e. The molecule has 84 valence electrons. The van der Waals surface area contributed by atoms with Crippen LogP contribution in [-0.2, 0) is 0 Å². The van der Waals surface area contributed by atoms with E-state index in [0.29, 0.717) is 4.75 Å². The number of thioether (sulfide) groups is 1. The molecular formula is C11H23NS2. The van der Waals surface area contributed by atoms with Gasteiger partial charge in [-0.15, -0.1) is 0 Å². The van der Waals surface area contributed by atoms with E-state index in [-0.39, 0.29) is 0 Å². The maximum absolute atomic E-state index is 4.23. The van der Waals surface area contributed by atoms with Crippen molar-refractivity contribution in [3.05, 3.63) is 0 Å². The van der Waals surface area contributed by atoms with E-state index in [1.54, 1.807) is 0 Å². The standard InChI is InChI=1S/C11H23NS2/c1-11(2)10-12(7-9-14-11)6-4-3-5-8-13/h13H,3-10H2,1-2H3. The third-order valence-electron chi connectivity index (χ3n) is 2.64. The van der Waals surface area contributed by atoms with E-state index in [1.807, 2.05) is 0 Å². The number of rotatable bonds is 5. The zero-order chi connectivity index (χ0) is 10.4. The summed E-state index contributed by atoms with van der Waals surface area (Å²) in [7, 11) is 0. The highest BCUT2D eigenvalue weighted by Gasteiger charge is 2.26. The lowest BCUT2D eigenvalue weighted by Gasteiger charge is -2.37. The normalized spacial score (nSPS) is 22.5. The SMILES string of the molecule is CC1(C)CN(CCCCCS)CCS1. The second kappa shape index (κ2) is 6.29. The fourth-order valence-corrected chi connectivity index (χ4v) is 3.33. The Hall–Kier alpha value is 0.660. The van der Waals surface area contributed by atoms with Gasteiger partial charge in [-0.1, -0.05) is 6.42 Å². The number of hydrogen-bond acceptors (Lipinski definition) is 3. The Morgan fingerprint density at radius 1 is 1.29 bits per heavy atom. The maximum Gasteiger partial charge on any atom is 0.0231 e. The molecule has 0 aromatic heterocycles. The monoisotopic (exact) mass is 233 g/mol. The van der Waals surface area contributed by atoms with Gasteiger partial charge in [0.15, 0.2) is 0 Å². The summed E-state index contributed by atoms with van der Waals surface area (Å²) in [5.74, 6) is 2.35. The number of nitrogens with zero attached hydrogens (tertiary/aromatic N) is 1. The third kappa shape index (κ3) is 4.94. The molecule has 0 aliphatic carbocycles. The molecule has 3 heteroatoms. The van der Waals surface area contributed by atoms with Crippen LogP contribution in [0, 0.1) is 0 Å². The Morgan fingerprint density at radius 3 is 2.71 bits per heavy atom. The molecule has 1 rings (SSSR count). The van der Waals surface area contributed by atoms with Crippen LogP contribution in [0.4, 0.5) is 0 Å². The van der Waals surface area contributed by atoms with Crippen molar-refractivity contribution in [3.63, 3.8) is 0 Å².